The zero-order chi connectivity index (χ0) is 26.8. The Hall–Kier alpha value is -4.09. The van der Waals surface area contributed by atoms with Crippen molar-refractivity contribution in [2.45, 2.75) is 4.90 Å². The summed E-state index contributed by atoms with van der Waals surface area (Å²) in [5, 5.41) is 4.17. The standard InChI is InChI=1S/C25H24ClN3O7S/c1-34-23-12-11-19(26)14-22(23)29(37(32,33)21-9-4-3-5-10-21)16-24(30)28-27-15-18-7-6-8-20(13-18)36-17-25(31)35-2/h3-15H,16-17H2,1-2H3,(H,28,30)/b27-15-. The molecule has 37 heavy (non-hydrogen) atoms. The number of nitrogens with one attached hydrogen (secondary N) is 1. The molecule has 0 unspecified atom stereocenters. The lowest BCUT2D eigenvalue weighted by molar-refractivity contribution is -0.142. The van der Waals surface area contributed by atoms with Gasteiger partial charge in [-0.25, -0.2) is 18.6 Å². The van der Waals surface area contributed by atoms with Crippen molar-refractivity contribution in [1.82, 2.24) is 5.43 Å². The Bertz CT molecular complexity index is 1380. The normalized spacial score (nSPS) is 11.1. The minimum atomic E-state index is -4.17. The summed E-state index contributed by atoms with van der Waals surface area (Å²) in [7, 11) is -1.53. The van der Waals surface area contributed by atoms with Gasteiger partial charge in [0.25, 0.3) is 15.9 Å². The van der Waals surface area contributed by atoms with E-state index in [0.29, 0.717) is 11.3 Å². The molecule has 1 amide bonds. The number of methoxy groups -OCH3 is 2. The lowest BCUT2D eigenvalue weighted by Gasteiger charge is -2.25. The number of halogens is 1. The molecule has 0 aromatic heterocycles. The van der Waals surface area contributed by atoms with Crippen LogP contribution in [0, 0.1) is 0 Å². The average Bonchev–Trinajstić information content (AvgIpc) is 2.91. The molecule has 12 heteroatoms. The highest BCUT2D eigenvalue weighted by molar-refractivity contribution is 7.92. The van der Waals surface area contributed by atoms with Gasteiger partial charge in [0, 0.05) is 5.02 Å². The number of anilines is 1. The molecular formula is C25H24ClN3O7S. The van der Waals surface area contributed by atoms with E-state index in [1.807, 2.05) is 0 Å². The smallest absolute Gasteiger partial charge is 0.343 e. The van der Waals surface area contributed by atoms with Crippen LogP contribution >= 0.6 is 11.6 Å². The van der Waals surface area contributed by atoms with Crippen molar-refractivity contribution >= 4 is 45.4 Å². The molecule has 0 heterocycles. The molecule has 0 atom stereocenters. The van der Waals surface area contributed by atoms with Gasteiger partial charge in [0.15, 0.2) is 6.61 Å². The predicted molar refractivity (Wildman–Crippen MR) is 139 cm³/mol. The molecular weight excluding hydrogens is 522 g/mol. The number of esters is 1. The van der Waals surface area contributed by atoms with Gasteiger partial charge in [-0.3, -0.25) is 9.10 Å². The van der Waals surface area contributed by atoms with Gasteiger partial charge in [0.1, 0.15) is 18.0 Å². The van der Waals surface area contributed by atoms with Gasteiger partial charge < -0.3 is 14.2 Å². The first-order valence-corrected chi connectivity index (χ1v) is 12.6. The maximum Gasteiger partial charge on any atom is 0.343 e. The van der Waals surface area contributed by atoms with E-state index < -0.39 is 28.4 Å². The van der Waals surface area contributed by atoms with Crippen molar-refractivity contribution < 1.29 is 32.2 Å². The van der Waals surface area contributed by atoms with Crippen LogP contribution in [0.25, 0.3) is 0 Å². The van der Waals surface area contributed by atoms with E-state index in [1.54, 1.807) is 48.5 Å². The molecule has 0 spiro atoms. The number of nitrogens with zero attached hydrogens (tertiary/aromatic N) is 2. The number of hydrogen-bond donors (Lipinski definition) is 1. The third-order valence-corrected chi connectivity index (χ3v) is 6.88. The second-order valence-electron chi connectivity index (χ2n) is 7.37. The van der Waals surface area contributed by atoms with E-state index in [-0.39, 0.29) is 28.0 Å². The van der Waals surface area contributed by atoms with Gasteiger partial charge in [0.2, 0.25) is 0 Å². The SMILES string of the molecule is COC(=O)COc1cccc(/C=N\NC(=O)CN(c2cc(Cl)ccc2OC)S(=O)(=O)c2ccccc2)c1. The zero-order valence-corrected chi connectivity index (χ0v) is 21.5. The van der Waals surface area contributed by atoms with Crippen LogP contribution in [0.2, 0.25) is 5.02 Å². The molecule has 3 aromatic carbocycles. The summed E-state index contributed by atoms with van der Waals surface area (Å²) in [4.78, 5) is 24.0. The van der Waals surface area contributed by atoms with E-state index >= 15 is 0 Å². The maximum atomic E-state index is 13.5. The molecule has 0 radical (unpaired) electrons. The molecule has 3 aromatic rings. The quantitative estimate of drug-likeness (QED) is 0.223. The van der Waals surface area contributed by atoms with Crippen molar-refractivity contribution in [3.8, 4) is 11.5 Å². The number of rotatable bonds is 11. The van der Waals surface area contributed by atoms with Crippen molar-refractivity contribution in [1.29, 1.82) is 0 Å². The summed E-state index contributed by atoms with van der Waals surface area (Å²) in [5.41, 5.74) is 2.98. The van der Waals surface area contributed by atoms with E-state index in [0.717, 1.165) is 4.31 Å². The van der Waals surface area contributed by atoms with Crippen LogP contribution in [-0.4, -0.2) is 53.9 Å². The number of ether oxygens (including phenoxy) is 3. The summed E-state index contributed by atoms with van der Waals surface area (Å²) in [6, 6.07) is 18.7. The van der Waals surface area contributed by atoms with Gasteiger partial charge in [-0.15, -0.1) is 0 Å². The van der Waals surface area contributed by atoms with Crippen molar-refractivity contribution in [3.63, 3.8) is 0 Å². The molecule has 1 N–H and O–H groups in total. The Balaban J connectivity index is 1.80. The molecule has 0 saturated carbocycles. The Kier molecular flexibility index (Phi) is 9.47. The number of hydrogen-bond acceptors (Lipinski definition) is 8. The number of benzene rings is 3. The largest absolute Gasteiger partial charge is 0.495 e. The van der Waals surface area contributed by atoms with Crippen LogP contribution in [0.3, 0.4) is 0 Å². The van der Waals surface area contributed by atoms with Crippen molar-refractivity contribution in [2.24, 2.45) is 5.10 Å². The van der Waals surface area contributed by atoms with Crippen LogP contribution in [-0.2, 0) is 24.3 Å². The Labute approximate surface area is 219 Å². The molecule has 3 rings (SSSR count). The minimum absolute atomic E-state index is 0.0166. The lowest BCUT2D eigenvalue weighted by atomic mass is 10.2. The fourth-order valence-corrected chi connectivity index (χ4v) is 4.72. The first-order valence-electron chi connectivity index (χ1n) is 10.8. The van der Waals surface area contributed by atoms with E-state index in [9.17, 15) is 18.0 Å². The Morgan fingerprint density at radius 2 is 1.78 bits per heavy atom. The zero-order valence-electron chi connectivity index (χ0n) is 20.0. The highest BCUT2D eigenvalue weighted by atomic mass is 35.5. The summed E-state index contributed by atoms with van der Waals surface area (Å²) >= 11 is 6.13. The number of hydrazone groups is 1. The summed E-state index contributed by atoms with van der Waals surface area (Å²) < 4.78 is 43.0. The van der Waals surface area contributed by atoms with Crippen LogP contribution in [0.15, 0.2) is 82.8 Å². The van der Waals surface area contributed by atoms with Crippen LogP contribution in [0.4, 0.5) is 5.69 Å². The summed E-state index contributed by atoms with van der Waals surface area (Å²) in [6.07, 6.45) is 1.35. The fraction of sp³-hybridized carbons (Fsp3) is 0.160. The van der Waals surface area contributed by atoms with Crippen LogP contribution in [0.5, 0.6) is 11.5 Å². The molecule has 0 fully saturated rings. The molecule has 194 valence electrons. The molecule has 0 aliphatic rings. The highest BCUT2D eigenvalue weighted by Crippen LogP contribution is 2.34. The van der Waals surface area contributed by atoms with Gasteiger partial charge >= 0.3 is 5.97 Å². The average molecular weight is 546 g/mol. The lowest BCUT2D eigenvalue weighted by Crippen LogP contribution is -2.39. The third kappa shape index (κ3) is 7.45. The van der Waals surface area contributed by atoms with Gasteiger partial charge in [-0.1, -0.05) is 41.9 Å². The first kappa shape index (κ1) is 27.5. The monoisotopic (exact) mass is 545 g/mol. The molecule has 10 nitrogen and oxygen atoms in total. The Morgan fingerprint density at radius 3 is 2.49 bits per heavy atom. The van der Waals surface area contributed by atoms with Crippen LogP contribution < -0.4 is 19.2 Å². The van der Waals surface area contributed by atoms with Gasteiger partial charge in [0.05, 0.1) is 31.0 Å². The summed E-state index contributed by atoms with van der Waals surface area (Å²) in [6.45, 7) is -0.861. The van der Waals surface area contributed by atoms with E-state index in [1.165, 1.54) is 44.7 Å². The van der Waals surface area contributed by atoms with Crippen molar-refractivity contribution in [2.75, 3.05) is 31.7 Å². The third-order valence-electron chi connectivity index (χ3n) is 4.87. The Morgan fingerprint density at radius 1 is 1.03 bits per heavy atom. The minimum Gasteiger partial charge on any atom is -0.495 e. The number of carbonyl (C=O) groups is 2. The second-order valence-corrected chi connectivity index (χ2v) is 9.67. The van der Waals surface area contributed by atoms with Gasteiger partial charge in [-0.2, -0.15) is 5.10 Å². The fourth-order valence-electron chi connectivity index (χ4n) is 3.11. The van der Waals surface area contributed by atoms with Crippen LogP contribution in [0.1, 0.15) is 5.56 Å². The number of amides is 1. The first-order chi connectivity index (χ1) is 17.7. The number of carbonyl (C=O) groups excluding carboxylic acids is 2. The highest BCUT2D eigenvalue weighted by Gasteiger charge is 2.29. The molecule has 0 aliphatic heterocycles. The topological polar surface area (TPSA) is 124 Å². The molecule has 0 bridgehead atoms. The predicted octanol–water partition coefficient (Wildman–Crippen LogP) is 3.25. The van der Waals surface area contributed by atoms with Crippen molar-refractivity contribution in [3.05, 3.63) is 83.4 Å². The molecule has 0 aliphatic carbocycles. The maximum absolute atomic E-state index is 13.5. The molecule has 0 saturated heterocycles. The number of sulfonamides is 1. The van der Waals surface area contributed by atoms with Gasteiger partial charge in [-0.05, 0) is 48.0 Å². The van der Waals surface area contributed by atoms with E-state index in [2.05, 4.69) is 15.3 Å². The second kappa shape index (κ2) is 12.7. The summed E-state index contributed by atoms with van der Waals surface area (Å²) in [5.74, 6) is -0.633. The van der Waals surface area contributed by atoms with E-state index in [4.69, 9.17) is 21.1 Å².